The molecule has 0 radical (unpaired) electrons. The first-order valence-corrected chi connectivity index (χ1v) is 5.93. The first-order valence-electron chi connectivity index (χ1n) is 5.02. The quantitative estimate of drug-likeness (QED) is 0.725. The summed E-state index contributed by atoms with van der Waals surface area (Å²) >= 11 is 3.43. The van der Waals surface area contributed by atoms with Gasteiger partial charge < -0.3 is 9.64 Å². The van der Waals surface area contributed by atoms with Crippen LogP contribution in [0.3, 0.4) is 0 Å². The summed E-state index contributed by atoms with van der Waals surface area (Å²) in [4.78, 5) is 13.7. The molecule has 0 spiro atoms. The van der Waals surface area contributed by atoms with Crippen molar-refractivity contribution < 1.29 is 9.53 Å². The van der Waals surface area contributed by atoms with Gasteiger partial charge in [-0.3, -0.25) is 4.79 Å². The van der Waals surface area contributed by atoms with Gasteiger partial charge in [0, 0.05) is 20.2 Å². The number of rotatable bonds is 3. The predicted molar refractivity (Wildman–Crippen MR) is 59.5 cm³/mol. The van der Waals surface area contributed by atoms with Crippen LogP contribution < -0.4 is 0 Å². The molecule has 4 heteroatoms. The zero-order valence-corrected chi connectivity index (χ0v) is 10.6. The summed E-state index contributed by atoms with van der Waals surface area (Å²) in [5.74, 6) is 0.531. The first kappa shape index (κ1) is 12.0. The van der Waals surface area contributed by atoms with Crippen molar-refractivity contribution >= 4 is 21.8 Å². The summed E-state index contributed by atoms with van der Waals surface area (Å²) in [5, 5.41) is 0. The minimum atomic E-state index is -0.0573. The molecule has 0 N–H and O–H groups in total. The molecular weight excluding hydrogens is 246 g/mol. The number of hydrogen-bond donors (Lipinski definition) is 0. The smallest absolute Gasteiger partial charge is 0.236 e. The molecule has 2 unspecified atom stereocenters. The van der Waals surface area contributed by atoms with Gasteiger partial charge in [0.2, 0.25) is 5.91 Å². The van der Waals surface area contributed by atoms with Crippen LogP contribution in [0.25, 0.3) is 0 Å². The van der Waals surface area contributed by atoms with E-state index in [9.17, 15) is 4.79 Å². The largest absolute Gasteiger partial charge is 0.380 e. The van der Waals surface area contributed by atoms with E-state index in [0.29, 0.717) is 5.92 Å². The number of ether oxygens (including phenoxy) is 1. The molecule has 0 aromatic carbocycles. The summed E-state index contributed by atoms with van der Waals surface area (Å²) in [6.45, 7) is 5.65. The Morgan fingerprint density at radius 3 is 2.64 bits per heavy atom. The molecule has 14 heavy (non-hydrogen) atoms. The van der Waals surface area contributed by atoms with Crippen LogP contribution in [0.1, 0.15) is 20.3 Å². The number of carbonyl (C=O) groups excluding carboxylic acids is 1. The van der Waals surface area contributed by atoms with E-state index in [1.165, 1.54) is 0 Å². The van der Waals surface area contributed by atoms with Crippen molar-refractivity contribution in [3.63, 3.8) is 0 Å². The normalized spacial score (nSPS) is 24.4. The number of nitrogens with zero attached hydrogens (tertiary/aromatic N) is 1. The molecule has 2 atom stereocenters. The fourth-order valence-corrected chi connectivity index (χ4v) is 1.87. The molecular formula is C10H18BrNO2. The molecule has 1 aliphatic rings. The Bertz CT molecular complexity index is 208. The van der Waals surface area contributed by atoms with Gasteiger partial charge in [-0.1, -0.05) is 29.8 Å². The zero-order valence-electron chi connectivity index (χ0n) is 9.00. The second kappa shape index (κ2) is 5.12. The van der Waals surface area contributed by atoms with Crippen LogP contribution in [0, 0.1) is 5.92 Å². The van der Waals surface area contributed by atoms with Gasteiger partial charge in [-0.2, -0.15) is 0 Å². The molecule has 0 aliphatic carbocycles. The topological polar surface area (TPSA) is 29.5 Å². The molecule has 1 fully saturated rings. The van der Waals surface area contributed by atoms with Crippen molar-refractivity contribution in [3.8, 4) is 0 Å². The first-order chi connectivity index (χ1) is 6.56. The van der Waals surface area contributed by atoms with E-state index < -0.39 is 0 Å². The van der Waals surface area contributed by atoms with Crippen LogP contribution in [-0.2, 0) is 9.53 Å². The molecule has 1 rings (SSSR count). The monoisotopic (exact) mass is 263 g/mol. The Morgan fingerprint density at radius 2 is 2.21 bits per heavy atom. The Morgan fingerprint density at radius 1 is 1.57 bits per heavy atom. The second-order valence-corrected chi connectivity index (χ2v) is 5.06. The summed E-state index contributed by atoms with van der Waals surface area (Å²) in [6.07, 6.45) is 1.19. The maximum Gasteiger partial charge on any atom is 0.236 e. The van der Waals surface area contributed by atoms with E-state index in [2.05, 4.69) is 15.9 Å². The van der Waals surface area contributed by atoms with E-state index in [1.807, 2.05) is 18.7 Å². The lowest BCUT2D eigenvalue weighted by atomic mass is 10.1. The predicted octanol–water partition coefficient (Wildman–Crippen LogP) is 1.65. The number of carbonyl (C=O) groups is 1. The fraction of sp³-hybridized carbons (Fsp3) is 0.900. The lowest BCUT2D eigenvalue weighted by molar-refractivity contribution is -0.130. The van der Waals surface area contributed by atoms with Crippen molar-refractivity contribution in [2.24, 2.45) is 5.92 Å². The highest BCUT2D eigenvalue weighted by Gasteiger charge is 2.30. The zero-order chi connectivity index (χ0) is 10.7. The second-order valence-electron chi connectivity index (χ2n) is 4.08. The summed E-state index contributed by atoms with van der Waals surface area (Å²) < 4.78 is 5.22. The van der Waals surface area contributed by atoms with E-state index in [-0.39, 0.29) is 16.8 Å². The highest BCUT2D eigenvalue weighted by molar-refractivity contribution is 9.10. The van der Waals surface area contributed by atoms with E-state index in [0.717, 1.165) is 19.5 Å². The summed E-state index contributed by atoms with van der Waals surface area (Å²) in [5.41, 5.74) is 0. The Labute approximate surface area is 93.9 Å². The van der Waals surface area contributed by atoms with Crippen LogP contribution in [0.2, 0.25) is 0 Å². The van der Waals surface area contributed by atoms with Crippen molar-refractivity contribution in [1.82, 2.24) is 4.90 Å². The van der Waals surface area contributed by atoms with Gasteiger partial charge in [0.25, 0.3) is 0 Å². The molecule has 1 saturated heterocycles. The minimum Gasteiger partial charge on any atom is -0.380 e. The summed E-state index contributed by atoms with van der Waals surface area (Å²) in [7, 11) is 1.70. The van der Waals surface area contributed by atoms with Crippen LogP contribution in [0.5, 0.6) is 0 Å². The maximum absolute atomic E-state index is 11.9. The number of hydrogen-bond acceptors (Lipinski definition) is 2. The molecule has 1 amide bonds. The molecule has 0 aromatic heterocycles. The minimum absolute atomic E-state index is 0.0573. The van der Waals surface area contributed by atoms with E-state index in [1.54, 1.807) is 7.11 Å². The third-order valence-electron chi connectivity index (χ3n) is 2.61. The lowest BCUT2D eigenvalue weighted by Gasteiger charge is -2.21. The van der Waals surface area contributed by atoms with Gasteiger partial charge in [-0.25, -0.2) is 0 Å². The molecule has 1 aliphatic heterocycles. The average Bonchev–Trinajstić information content (AvgIpc) is 2.63. The molecule has 0 saturated carbocycles. The third-order valence-corrected chi connectivity index (χ3v) is 4.06. The Balaban J connectivity index is 2.47. The Hall–Kier alpha value is -0.0900. The van der Waals surface area contributed by atoms with Crippen molar-refractivity contribution in [2.45, 2.75) is 31.2 Å². The molecule has 0 aromatic rings. The molecule has 82 valence electrons. The van der Waals surface area contributed by atoms with Crippen LogP contribution in [0.4, 0.5) is 0 Å². The Kier molecular flexibility index (Phi) is 4.38. The number of alkyl halides is 1. The molecule has 1 heterocycles. The maximum atomic E-state index is 11.9. The van der Waals surface area contributed by atoms with Gasteiger partial charge in [0.1, 0.15) is 0 Å². The number of likely N-dealkylation sites (tertiary alicyclic amines) is 1. The number of halogens is 1. The van der Waals surface area contributed by atoms with Gasteiger partial charge in [-0.05, 0) is 12.3 Å². The van der Waals surface area contributed by atoms with Gasteiger partial charge in [0.05, 0.1) is 10.9 Å². The number of methoxy groups -OCH3 is 1. The van der Waals surface area contributed by atoms with Crippen molar-refractivity contribution in [1.29, 1.82) is 0 Å². The van der Waals surface area contributed by atoms with Crippen LogP contribution in [0.15, 0.2) is 0 Å². The lowest BCUT2D eigenvalue weighted by Crippen LogP contribution is -2.37. The number of amides is 1. The highest BCUT2D eigenvalue weighted by Crippen LogP contribution is 2.19. The summed E-state index contributed by atoms with van der Waals surface area (Å²) in [6, 6.07) is 0. The third kappa shape index (κ3) is 2.70. The molecule has 3 nitrogen and oxygen atoms in total. The van der Waals surface area contributed by atoms with Gasteiger partial charge in [0.15, 0.2) is 0 Å². The van der Waals surface area contributed by atoms with E-state index in [4.69, 9.17) is 4.74 Å². The van der Waals surface area contributed by atoms with Crippen molar-refractivity contribution in [3.05, 3.63) is 0 Å². The standard InChI is InChI=1S/C10H18BrNO2/c1-7(2)9(11)10(13)12-5-4-8(6-12)14-3/h7-9H,4-6H2,1-3H3. The van der Waals surface area contributed by atoms with Crippen LogP contribution in [-0.4, -0.2) is 41.9 Å². The van der Waals surface area contributed by atoms with E-state index >= 15 is 0 Å². The molecule has 0 bridgehead atoms. The van der Waals surface area contributed by atoms with Crippen molar-refractivity contribution in [2.75, 3.05) is 20.2 Å². The average molecular weight is 264 g/mol. The SMILES string of the molecule is COC1CCN(C(=O)C(Br)C(C)C)C1. The van der Waals surface area contributed by atoms with Gasteiger partial charge in [-0.15, -0.1) is 0 Å². The van der Waals surface area contributed by atoms with Crippen LogP contribution >= 0.6 is 15.9 Å². The fourth-order valence-electron chi connectivity index (χ4n) is 1.58. The van der Waals surface area contributed by atoms with Gasteiger partial charge >= 0.3 is 0 Å². The highest BCUT2D eigenvalue weighted by atomic mass is 79.9.